The van der Waals surface area contributed by atoms with E-state index in [0.29, 0.717) is 25.1 Å². The lowest BCUT2D eigenvalue weighted by molar-refractivity contribution is -0.121. The summed E-state index contributed by atoms with van der Waals surface area (Å²) in [5, 5.41) is 6.44. The first-order chi connectivity index (χ1) is 7.09. The lowest BCUT2D eigenvalue weighted by Crippen LogP contribution is -2.39. The van der Waals surface area contributed by atoms with E-state index in [4.69, 9.17) is 0 Å². The number of amides is 2. The molecule has 0 radical (unpaired) electrons. The summed E-state index contributed by atoms with van der Waals surface area (Å²) in [5.74, 6) is -0.336. The van der Waals surface area contributed by atoms with Gasteiger partial charge in [-0.25, -0.2) is 5.43 Å². The Labute approximate surface area is 88.7 Å². The van der Waals surface area contributed by atoms with E-state index >= 15 is 0 Å². The monoisotopic (exact) mass is 212 g/mol. The number of nitrogens with zero attached hydrogens (tertiary/aromatic N) is 2. The van der Waals surface area contributed by atoms with E-state index in [2.05, 4.69) is 15.8 Å². The van der Waals surface area contributed by atoms with Crippen LogP contribution in [0.2, 0.25) is 0 Å². The number of nitrogens with one attached hydrogen (secondary N) is 2. The minimum Gasteiger partial charge on any atom is -0.350 e. The van der Waals surface area contributed by atoms with Crippen LogP contribution in [0.15, 0.2) is 5.10 Å². The van der Waals surface area contributed by atoms with Gasteiger partial charge < -0.3 is 10.2 Å². The molecule has 2 amide bonds. The van der Waals surface area contributed by atoms with E-state index in [9.17, 15) is 9.59 Å². The predicted octanol–water partition coefficient (Wildman–Crippen LogP) is -1.07. The second-order valence-corrected chi connectivity index (χ2v) is 3.65. The van der Waals surface area contributed by atoms with Gasteiger partial charge in [-0.3, -0.25) is 9.59 Å². The molecule has 0 aromatic rings. The molecule has 2 N–H and O–H groups in total. The molecule has 0 aliphatic carbocycles. The highest BCUT2D eigenvalue weighted by molar-refractivity contribution is 6.39. The first-order valence-corrected chi connectivity index (χ1v) is 4.88. The molecule has 0 bridgehead atoms. The number of hydrazone groups is 1. The highest BCUT2D eigenvalue weighted by Crippen LogP contribution is 1.99. The van der Waals surface area contributed by atoms with Gasteiger partial charge in [0.2, 0.25) is 5.91 Å². The molecule has 0 saturated heterocycles. The molecular formula is C9H16N4O2. The summed E-state index contributed by atoms with van der Waals surface area (Å²) >= 11 is 0. The Bertz CT molecular complexity index is 286. The number of likely N-dealkylation sites (N-methyl/N-ethyl adjacent to an activating group) is 1. The summed E-state index contributed by atoms with van der Waals surface area (Å²) in [6, 6.07) is 0. The van der Waals surface area contributed by atoms with Gasteiger partial charge in [0.1, 0.15) is 5.71 Å². The van der Waals surface area contributed by atoms with Crippen LogP contribution in [0.5, 0.6) is 0 Å². The highest BCUT2D eigenvalue weighted by atomic mass is 16.2. The summed E-state index contributed by atoms with van der Waals surface area (Å²) in [5.41, 5.74) is 2.69. The topological polar surface area (TPSA) is 73.8 Å². The number of carbonyl (C=O) groups excluding carboxylic acids is 2. The van der Waals surface area contributed by atoms with Gasteiger partial charge in [-0.2, -0.15) is 5.10 Å². The SMILES string of the molecule is CN(C)CCNC(=O)C1=NNC(=O)CC1. The molecule has 6 heteroatoms. The van der Waals surface area contributed by atoms with Crippen LogP contribution in [0, 0.1) is 0 Å². The molecule has 0 aromatic heterocycles. The quantitative estimate of drug-likeness (QED) is 0.623. The maximum Gasteiger partial charge on any atom is 0.267 e. The van der Waals surface area contributed by atoms with Crippen molar-refractivity contribution in [3.8, 4) is 0 Å². The highest BCUT2D eigenvalue weighted by Gasteiger charge is 2.17. The van der Waals surface area contributed by atoms with Crippen molar-refractivity contribution >= 4 is 17.5 Å². The first kappa shape index (κ1) is 11.6. The van der Waals surface area contributed by atoms with Gasteiger partial charge in [0, 0.05) is 25.9 Å². The third-order valence-electron chi connectivity index (χ3n) is 2.01. The maximum absolute atomic E-state index is 11.5. The van der Waals surface area contributed by atoms with E-state index in [1.165, 1.54) is 0 Å². The third kappa shape index (κ3) is 4.07. The normalized spacial score (nSPS) is 15.9. The average molecular weight is 212 g/mol. The fourth-order valence-corrected chi connectivity index (χ4v) is 1.13. The first-order valence-electron chi connectivity index (χ1n) is 4.88. The third-order valence-corrected chi connectivity index (χ3v) is 2.01. The molecule has 1 aliphatic heterocycles. The minimum atomic E-state index is -0.197. The van der Waals surface area contributed by atoms with E-state index in [0.717, 1.165) is 6.54 Å². The summed E-state index contributed by atoms with van der Waals surface area (Å²) in [6.45, 7) is 1.37. The molecule has 84 valence electrons. The van der Waals surface area contributed by atoms with Gasteiger partial charge in [-0.1, -0.05) is 0 Å². The lowest BCUT2D eigenvalue weighted by Gasteiger charge is -2.13. The van der Waals surface area contributed by atoms with Crippen molar-refractivity contribution in [1.29, 1.82) is 0 Å². The lowest BCUT2D eigenvalue weighted by atomic mass is 10.1. The van der Waals surface area contributed by atoms with Crippen molar-refractivity contribution < 1.29 is 9.59 Å². The molecule has 0 aromatic carbocycles. The van der Waals surface area contributed by atoms with E-state index in [1.807, 2.05) is 19.0 Å². The number of hydrogen-bond donors (Lipinski definition) is 2. The Morgan fingerprint density at radius 2 is 2.27 bits per heavy atom. The number of carbonyl (C=O) groups is 2. The fourth-order valence-electron chi connectivity index (χ4n) is 1.13. The summed E-state index contributed by atoms with van der Waals surface area (Å²) in [6.07, 6.45) is 0.750. The standard InChI is InChI=1S/C9H16N4O2/c1-13(2)6-5-10-9(15)7-3-4-8(14)12-11-7/h3-6H2,1-2H3,(H,10,15)(H,12,14). The van der Waals surface area contributed by atoms with Crippen molar-refractivity contribution in [3.63, 3.8) is 0 Å². The molecule has 0 atom stereocenters. The van der Waals surface area contributed by atoms with Crippen molar-refractivity contribution in [3.05, 3.63) is 0 Å². The van der Waals surface area contributed by atoms with Crippen LogP contribution in [0.1, 0.15) is 12.8 Å². The van der Waals surface area contributed by atoms with Crippen LogP contribution in [-0.4, -0.2) is 49.6 Å². The fraction of sp³-hybridized carbons (Fsp3) is 0.667. The Balaban J connectivity index is 2.31. The number of hydrogen-bond acceptors (Lipinski definition) is 4. The van der Waals surface area contributed by atoms with Crippen LogP contribution >= 0.6 is 0 Å². The molecule has 1 rings (SSSR count). The van der Waals surface area contributed by atoms with Crippen LogP contribution in [0.3, 0.4) is 0 Å². The smallest absolute Gasteiger partial charge is 0.267 e. The van der Waals surface area contributed by atoms with Gasteiger partial charge in [0.25, 0.3) is 5.91 Å². The second kappa shape index (κ2) is 5.45. The zero-order valence-electron chi connectivity index (χ0n) is 9.04. The van der Waals surface area contributed by atoms with Crippen molar-refractivity contribution in [2.45, 2.75) is 12.8 Å². The molecule has 1 aliphatic rings. The Morgan fingerprint density at radius 3 is 2.80 bits per heavy atom. The van der Waals surface area contributed by atoms with Crippen molar-refractivity contribution in [2.24, 2.45) is 5.10 Å². The second-order valence-electron chi connectivity index (χ2n) is 3.65. The molecule has 6 nitrogen and oxygen atoms in total. The average Bonchev–Trinajstić information content (AvgIpc) is 2.18. The molecule has 0 spiro atoms. The van der Waals surface area contributed by atoms with E-state index < -0.39 is 0 Å². The van der Waals surface area contributed by atoms with Gasteiger partial charge in [-0.05, 0) is 14.1 Å². The van der Waals surface area contributed by atoms with Crippen molar-refractivity contribution in [2.75, 3.05) is 27.2 Å². The summed E-state index contributed by atoms with van der Waals surface area (Å²) < 4.78 is 0. The zero-order valence-corrected chi connectivity index (χ0v) is 9.04. The van der Waals surface area contributed by atoms with E-state index in [-0.39, 0.29) is 11.8 Å². The maximum atomic E-state index is 11.5. The Kier molecular flexibility index (Phi) is 4.23. The summed E-state index contributed by atoms with van der Waals surface area (Å²) in [7, 11) is 3.87. The van der Waals surface area contributed by atoms with E-state index in [1.54, 1.807) is 0 Å². The minimum absolute atomic E-state index is 0.139. The molecule has 1 heterocycles. The predicted molar refractivity (Wildman–Crippen MR) is 56.4 cm³/mol. The van der Waals surface area contributed by atoms with Crippen LogP contribution in [-0.2, 0) is 9.59 Å². The van der Waals surface area contributed by atoms with Crippen LogP contribution in [0.25, 0.3) is 0 Å². The van der Waals surface area contributed by atoms with Crippen LogP contribution < -0.4 is 10.7 Å². The van der Waals surface area contributed by atoms with Crippen molar-refractivity contribution in [1.82, 2.24) is 15.6 Å². The molecule has 0 unspecified atom stereocenters. The largest absolute Gasteiger partial charge is 0.350 e. The van der Waals surface area contributed by atoms with Gasteiger partial charge in [0.05, 0.1) is 0 Å². The van der Waals surface area contributed by atoms with Gasteiger partial charge in [0.15, 0.2) is 0 Å². The number of rotatable bonds is 4. The molecule has 15 heavy (non-hydrogen) atoms. The van der Waals surface area contributed by atoms with Gasteiger partial charge >= 0.3 is 0 Å². The zero-order chi connectivity index (χ0) is 11.3. The Morgan fingerprint density at radius 1 is 1.53 bits per heavy atom. The summed E-state index contributed by atoms with van der Waals surface area (Å²) in [4.78, 5) is 24.2. The molecule has 0 fully saturated rings. The molecule has 0 saturated carbocycles. The Hall–Kier alpha value is -1.43. The van der Waals surface area contributed by atoms with Crippen LogP contribution in [0.4, 0.5) is 0 Å². The van der Waals surface area contributed by atoms with Gasteiger partial charge in [-0.15, -0.1) is 0 Å². The molecular weight excluding hydrogens is 196 g/mol.